The van der Waals surface area contributed by atoms with E-state index in [2.05, 4.69) is 4.72 Å². The van der Waals surface area contributed by atoms with E-state index in [0.29, 0.717) is 0 Å². The molecule has 0 spiro atoms. The summed E-state index contributed by atoms with van der Waals surface area (Å²) in [5, 5.41) is 8.92. The SMILES string of the molecule is CC(CNS(=O)(=O)c1ccc(F)c(CO)c1F)C(C)(C)C. The average Bonchev–Trinajstić information content (AvgIpc) is 2.35. The summed E-state index contributed by atoms with van der Waals surface area (Å²) in [4.78, 5) is -0.658. The molecule has 1 aromatic rings. The normalized spacial score (nSPS) is 14.2. The van der Waals surface area contributed by atoms with E-state index in [1.165, 1.54) is 0 Å². The van der Waals surface area contributed by atoms with Gasteiger partial charge in [-0.25, -0.2) is 21.9 Å². The van der Waals surface area contributed by atoms with Crippen molar-refractivity contribution in [1.29, 1.82) is 0 Å². The summed E-state index contributed by atoms with van der Waals surface area (Å²) in [5.41, 5.74) is -0.762. The van der Waals surface area contributed by atoms with Crippen molar-refractivity contribution in [2.45, 2.75) is 39.2 Å². The minimum absolute atomic E-state index is 0.0214. The van der Waals surface area contributed by atoms with Gasteiger partial charge in [0.05, 0.1) is 12.2 Å². The topological polar surface area (TPSA) is 66.4 Å². The number of hydrogen-bond acceptors (Lipinski definition) is 3. The van der Waals surface area contributed by atoms with Crippen LogP contribution in [0.15, 0.2) is 17.0 Å². The summed E-state index contributed by atoms with van der Waals surface area (Å²) in [5.74, 6) is -2.21. The highest BCUT2D eigenvalue weighted by molar-refractivity contribution is 7.89. The summed E-state index contributed by atoms with van der Waals surface area (Å²) in [7, 11) is -4.10. The molecule has 0 aliphatic rings. The van der Waals surface area contributed by atoms with Crippen molar-refractivity contribution in [3.8, 4) is 0 Å². The fourth-order valence-electron chi connectivity index (χ4n) is 1.55. The molecule has 21 heavy (non-hydrogen) atoms. The van der Waals surface area contributed by atoms with Crippen molar-refractivity contribution < 1.29 is 22.3 Å². The largest absolute Gasteiger partial charge is 0.391 e. The van der Waals surface area contributed by atoms with Gasteiger partial charge in [0, 0.05) is 6.54 Å². The van der Waals surface area contributed by atoms with E-state index in [4.69, 9.17) is 5.11 Å². The predicted molar refractivity (Wildman–Crippen MR) is 76.1 cm³/mol. The van der Waals surface area contributed by atoms with Crippen LogP contribution in [0, 0.1) is 23.0 Å². The summed E-state index contributed by atoms with van der Waals surface area (Å²) in [6.45, 7) is 7.01. The number of hydrogen-bond donors (Lipinski definition) is 2. The number of halogens is 2. The van der Waals surface area contributed by atoms with Gasteiger partial charge in [0.1, 0.15) is 10.7 Å². The molecule has 1 unspecified atom stereocenters. The molecule has 0 radical (unpaired) electrons. The number of nitrogens with one attached hydrogen (secondary N) is 1. The van der Waals surface area contributed by atoms with E-state index >= 15 is 0 Å². The molecule has 1 aromatic carbocycles. The lowest BCUT2D eigenvalue weighted by Crippen LogP contribution is -2.34. The molecule has 120 valence electrons. The van der Waals surface area contributed by atoms with Crippen LogP contribution in [0.1, 0.15) is 33.3 Å². The van der Waals surface area contributed by atoms with Crippen LogP contribution in [0.25, 0.3) is 0 Å². The Hall–Kier alpha value is -1.05. The second-order valence-electron chi connectivity index (χ2n) is 6.12. The molecule has 4 nitrogen and oxygen atoms in total. The fraction of sp³-hybridized carbons (Fsp3) is 0.571. The minimum Gasteiger partial charge on any atom is -0.391 e. The number of sulfonamides is 1. The molecular weight excluding hydrogens is 300 g/mol. The van der Waals surface area contributed by atoms with Crippen molar-refractivity contribution in [3.05, 3.63) is 29.3 Å². The molecular formula is C14H21F2NO3S. The Labute approximate surface area is 124 Å². The predicted octanol–water partition coefficient (Wildman–Crippen LogP) is 2.42. The van der Waals surface area contributed by atoms with Gasteiger partial charge in [0.25, 0.3) is 0 Å². The van der Waals surface area contributed by atoms with Gasteiger partial charge < -0.3 is 5.11 Å². The van der Waals surface area contributed by atoms with Gasteiger partial charge in [0.15, 0.2) is 5.82 Å². The lowest BCUT2D eigenvalue weighted by Gasteiger charge is -2.27. The maximum absolute atomic E-state index is 14.0. The molecule has 0 bridgehead atoms. The number of aliphatic hydroxyl groups is 1. The molecule has 0 heterocycles. The van der Waals surface area contributed by atoms with E-state index in [9.17, 15) is 17.2 Å². The standard InChI is InChI=1S/C14H21F2NO3S/c1-9(14(2,3)4)7-17-21(19,20)12-6-5-11(15)10(8-18)13(12)16/h5-6,9,17-18H,7-8H2,1-4H3. The maximum atomic E-state index is 14.0. The summed E-state index contributed by atoms with van der Waals surface area (Å²) in [6, 6.07) is 1.68. The zero-order valence-corrected chi connectivity index (χ0v) is 13.4. The van der Waals surface area contributed by atoms with Gasteiger partial charge in [-0.15, -0.1) is 0 Å². The second-order valence-corrected chi connectivity index (χ2v) is 7.85. The number of aliphatic hydroxyl groups excluding tert-OH is 1. The highest BCUT2D eigenvalue weighted by atomic mass is 32.2. The molecule has 0 fully saturated rings. The van der Waals surface area contributed by atoms with Crippen LogP contribution in [0.5, 0.6) is 0 Å². The molecule has 7 heteroatoms. The molecule has 1 atom stereocenters. The zero-order valence-electron chi connectivity index (χ0n) is 12.6. The van der Waals surface area contributed by atoms with Crippen molar-refractivity contribution in [3.63, 3.8) is 0 Å². The third-order valence-corrected chi connectivity index (χ3v) is 5.10. The van der Waals surface area contributed by atoms with Crippen LogP contribution in [-0.2, 0) is 16.6 Å². The number of benzene rings is 1. The Kier molecular flexibility index (Phi) is 5.46. The van der Waals surface area contributed by atoms with Crippen molar-refractivity contribution in [2.75, 3.05) is 6.54 Å². The van der Waals surface area contributed by atoms with Gasteiger partial charge in [-0.3, -0.25) is 0 Å². The van der Waals surface area contributed by atoms with Crippen LogP contribution in [0.4, 0.5) is 8.78 Å². The quantitative estimate of drug-likeness (QED) is 0.875. The first-order valence-corrected chi connectivity index (χ1v) is 8.06. The van der Waals surface area contributed by atoms with Crippen molar-refractivity contribution in [2.24, 2.45) is 11.3 Å². The molecule has 0 aliphatic carbocycles. The molecule has 0 aromatic heterocycles. The van der Waals surface area contributed by atoms with Crippen LogP contribution in [-0.4, -0.2) is 20.1 Å². The average molecular weight is 321 g/mol. The van der Waals surface area contributed by atoms with E-state index in [0.717, 1.165) is 12.1 Å². The highest BCUT2D eigenvalue weighted by Crippen LogP contribution is 2.26. The Morgan fingerprint density at radius 1 is 1.29 bits per heavy atom. The number of rotatable bonds is 5. The molecule has 0 aliphatic heterocycles. The van der Waals surface area contributed by atoms with Crippen molar-refractivity contribution >= 4 is 10.0 Å². The first-order valence-electron chi connectivity index (χ1n) is 6.58. The lowest BCUT2D eigenvalue weighted by molar-refractivity contribution is 0.262. The summed E-state index contributed by atoms with van der Waals surface area (Å²) < 4.78 is 53.8. The van der Waals surface area contributed by atoms with Crippen LogP contribution in [0.2, 0.25) is 0 Å². The van der Waals surface area contributed by atoms with E-state index in [1.54, 1.807) is 0 Å². The van der Waals surface area contributed by atoms with E-state index in [1.807, 2.05) is 27.7 Å². The molecule has 0 amide bonds. The van der Waals surface area contributed by atoms with Gasteiger partial charge in [-0.1, -0.05) is 27.7 Å². The third kappa shape index (κ3) is 4.21. The van der Waals surface area contributed by atoms with Gasteiger partial charge in [-0.05, 0) is 23.5 Å². The lowest BCUT2D eigenvalue weighted by atomic mass is 9.82. The molecule has 1 rings (SSSR count). The Bertz CT molecular complexity index is 609. The minimum atomic E-state index is -4.10. The van der Waals surface area contributed by atoms with E-state index < -0.39 is 38.7 Å². The molecule has 0 saturated heterocycles. The van der Waals surface area contributed by atoms with Gasteiger partial charge in [0.2, 0.25) is 10.0 Å². The van der Waals surface area contributed by atoms with Crippen LogP contribution < -0.4 is 4.72 Å². The van der Waals surface area contributed by atoms with Crippen LogP contribution >= 0.6 is 0 Å². The monoisotopic (exact) mass is 321 g/mol. The fourth-order valence-corrected chi connectivity index (χ4v) is 2.78. The molecule has 2 N–H and O–H groups in total. The van der Waals surface area contributed by atoms with Gasteiger partial charge >= 0.3 is 0 Å². The summed E-state index contributed by atoms with van der Waals surface area (Å²) in [6.07, 6.45) is 0. The Balaban J connectivity index is 3.05. The smallest absolute Gasteiger partial charge is 0.243 e. The molecule has 0 saturated carbocycles. The Morgan fingerprint density at radius 2 is 1.86 bits per heavy atom. The third-order valence-electron chi connectivity index (χ3n) is 3.66. The van der Waals surface area contributed by atoms with Gasteiger partial charge in [-0.2, -0.15) is 0 Å². The van der Waals surface area contributed by atoms with E-state index in [-0.39, 0.29) is 17.9 Å². The summed E-state index contributed by atoms with van der Waals surface area (Å²) >= 11 is 0. The van der Waals surface area contributed by atoms with Crippen molar-refractivity contribution in [1.82, 2.24) is 4.72 Å². The first kappa shape index (κ1) is 18.0. The first-order chi connectivity index (χ1) is 9.50. The zero-order chi connectivity index (χ0) is 16.4. The second kappa shape index (κ2) is 6.37. The van der Waals surface area contributed by atoms with Crippen LogP contribution in [0.3, 0.4) is 0 Å². The highest BCUT2D eigenvalue weighted by Gasteiger charge is 2.26. The Morgan fingerprint density at radius 3 is 2.33 bits per heavy atom. The maximum Gasteiger partial charge on any atom is 0.243 e.